The van der Waals surface area contributed by atoms with E-state index in [2.05, 4.69) is 15.3 Å². The number of carbonyl (C=O) groups is 1. The highest BCUT2D eigenvalue weighted by Crippen LogP contribution is 2.25. The average Bonchev–Trinajstić information content (AvgIpc) is 3.07. The lowest BCUT2D eigenvalue weighted by molar-refractivity contribution is 0.0940. The van der Waals surface area contributed by atoms with Crippen LogP contribution in [0.15, 0.2) is 73.2 Å². The van der Waals surface area contributed by atoms with Gasteiger partial charge >= 0.3 is 0 Å². The zero-order chi connectivity index (χ0) is 17.9. The summed E-state index contributed by atoms with van der Waals surface area (Å²) in [5.41, 5.74) is 3.07. The van der Waals surface area contributed by atoms with Crippen LogP contribution in [0.25, 0.3) is 16.8 Å². The first-order valence-electron chi connectivity index (χ1n) is 8.12. The minimum atomic E-state index is -0.313. The van der Waals surface area contributed by atoms with Gasteiger partial charge in [0.15, 0.2) is 0 Å². The van der Waals surface area contributed by atoms with Gasteiger partial charge in [-0.2, -0.15) is 0 Å². The molecule has 4 aromatic rings. The van der Waals surface area contributed by atoms with Crippen molar-refractivity contribution >= 4 is 11.4 Å². The second-order valence-electron chi connectivity index (χ2n) is 5.79. The molecule has 0 aliphatic heterocycles. The van der Waals surface area contributed by atoms with Gasteiger partial charge in [-0.1, -0.05) is 12.1 Å². The molecule has 0 radical (unpaired) electrons. The van der Waals surface area contributed by atoms with Gasteiger partial charge in [0, 0.05) is 30.7 Å². The highest BCUT2D eigenvalue weighted by Gasteiger charge is 2.18. The number of imidazole rings is 1. The maximum absolute atomic E-state index is 13.2. The molecule has 4 rings (SSSR count). The highest BCUT2D eigenvalue weighted by atomic mass is 19.1. The van der Waals surface area contributed by atoms with Crippen molar-refractivity contribution < 1.29 is 9.18 Å². The lowest BCUT2D eigenvalue weighted by Crippen LogP contribution is -2.25. The summed E-state index contributed by atoms with van der Waals surface area (Å²) >= 11 is 0. The molecule has 26 heavy (non-hydrogen) atoms. The van der Waals surface area contributed by atoms with Crippen LogP contribution in [0.1, 0.15) is 16.2 Å². The minimum absolute atomic E-state index is 0.281. The predicted molar refractivity (Wildman–Crippen MR) is 96.0 cm³/mol. The van der Waals surface area contributed by atoms with Crippen molar-refractivity contribution in [2.75, 3.05) is 0 Å². The first-order chi connectivity index (χ1) is 12.7. The number of carbonyl (C=O) groups excluding carboxylic acids is 1. The van der Waals surface area contributed by atoms with E-state index in [1.165, 1.54) is 12.1 Å². The number of halogens is 1. The second-order valence-corrected chi connectivity index (χ2v) is 5.79. The van der Waals surface area contributed by atoms with E-state index < -0.39 is 0 Å². The molecule has 0 bridgehead atoms. The van der Waals surface area contributed by atoms with Crippen LogP contribution < -0.4 is 5.32 Å². The van der Waals surface area contributed by atoms with E-state index in [-0.39, 0.29) is 17.5 Å². The summed E-state index contributed by atoms with van der Waals surface area (Å²) in [6, 6.07) is 15.4. The summed E-state index contributed by atoms with van der Waals surface area (Å²) in [4.78, 5) is 21.2. The Morgan fingerprint density at radius 2 is 1.92 bits per heavy atom. The van der Waals surface area contributed by atoms with Crippen LogP contribution in [-0.4, -0.2) is 20.3 Å². The quantitative estimate of drug-likeness (QED) is 0.616. The summed E-state index contributed by atoms with van der Waals surface area (Å²) < 4.78 is 14.9. The van der Waals surface area contributed by atoms with E-state index in [4.69, 9.17) is 0 Å². The molecule has 0 atom stereocenters. The Balaban J connectivity index is 1.69. The van der Waals surface area contributed by atoms with Gasteiger partial charge in [-0.15, -0.1) is 0 Å². The molecule has 6 heteroatoms. The zero-order valence-electron chi connectivity index (χ0n) is 13.8. The Kier molecular flexibility index (Phi) is 4.15. The van der Waals surface area contributed by atoms with Gasteiger partial charge in [0.1, 0.15) is 5.82 Å². The van der Waals surface area contributed by atoms with Crippen molar-refractivity contribution in [3.8, 4) is 11.3 Å². The lowest BCUT2D eigenvalue weighted by Gasteiger charge is -2.04. The Morgan fingerprint density at radius 1 is 1.08 bits per heavy atom. The van der Waals surface area contributed by atoms with E-state index in [0.29, 0.717) is 12.2 Å². The summed E-state index contributed by atoms with van der Waals surface area (Å²) in [5.74, 6) is -0.320. The van der Waals surface area contributed by atoms with Crippen LogP contribution in [0.3, 0.4) is 0 Å². The highest BCUT2D eigenvalue weighted by molar-refractivity contribution is 5.94. The van der Waals surface area contributed by atoms with Crippen LogP contribution in [0.4, 0.5) is 4.39 Å². The summed E-state index contributed by atoms with van der Waals surface area (Å²) in [5, 5.41) is 2.86. The largest absolute Gasteiger partial charge is 0.345 e. The third-order valence-corrected chi connectivity index (χ3v) is 4.05. The monoisotopic (exact) mass is 346 g/mol. The first kappa shape index (κ1) is 16.0. The van der Waals surface area contributed by atoms with Gasteiger partial charge < -0.3 is 5.32 Å². The number of aromatic nitrogens is 3. The Labute approximate surface area is 149 Å². The number of hydrogen-bond acceptors (Lipinski definition) is 3. The molecule has 0 unspecified atom stereocenters. The molecule has 0 aliphatic rings. The third-order valence-electron chi connectivity index (χ3n) is 4.05. The SMILES string of the molecule is O=C(NCc1cccnc1)c1nc(-c2ccc(F)cc2)c2ccccn12. The predicted octanol–water partition coefficient (Wildman–Crippen LogP) is 3.47. The molecule has 0 saturated carbocycles. The van der Waals surface area contributed by atoms with E-state index >= 15 is 0 Å². The smallest absolute Gasteiger partial charge is 0.287 e. The maximum Gasteiger partial charge on any atom is 0.287 e. The zero-order valence-corrected chi connectivity index (χ0v) is 13.8. The Hall–Kier alpha value is -3.54. The first-order valence-corrected chi connectivity index (χ1v) is 8.12. The van der Waals surface area contributed by atoms with Crippen LogP contribution >= 0.6 is 0 Å². The molecular formula is C20H15FN4O. The van der Waals surface area contributed by atoms with Crippen LogP contribution in [-0.2, 0) is 6.54 Å². The van der Waals surface area contributed by atoms with Crippen LogP contribution in [0, 0.1) is 5.82 Å². The average molecular weight is 346 g/mol. The standard InChI is InChI=1S/C20H15FN4O/c21-16-8-6-15(7-9-16)18-17-5-1-2-11-25(17)19(24-18)20(26)23-13-14-4-3-10-22-12-14/h1-12H,13H2,(H,23,26). The van der Waals surface area contributed by atoms with E-state index in [1.54, 1.807) is 35.1 Å². The van der Waals surface area contributed by atoms with Crippen molar-refractivity contribution in [3.05, 3.63) is 90.4 Å². The molecule has 0 aliphatic carbocycles. The molecule has 1 N–H and O–H groups in total. The summed E-state index contributed by atoms with van der Waals surface area (Å²) in [6.45, 7) is 0.361. The Morgan fingerprint density at radius 3 is 2.69 bits per heavy atom. The van der Waals surface area contributed by atoms with Crippen molar-refractivity contribution in [3.63, 3.8) is 0 Å². The second kappa shape index (κ2) is 6.76. The molecule has 0 spiro atoms. The minimum Gasteiger partial charge on any atom is -0.345 e. The van der Waals surface area contributed by atoms with E-state index in [1.807, 2.05) is 30.3 Å². The number of benzene rings is 1. The molecule has 5 nitrogen and oxygen atoms in total. The van der Waals surface area contributed by atoms with Gasteiger partial charge in [0.2, 0.25) is 5.82 Å². The fourth-order valence-corrected chi connectivity index (χ4v) is 2.78. The molecule has 0 fully saturated rings. The fourth-order valence-electron chi connectivity index (χ4n) is 2.78. The van der Waals surface area contributed by atoms with Crippen molar-refractivity contribution in [1.29, 1.82) is 0 Å². The number of nitrogens with zero attached hydrogens (tertiary/aromatic N) is 3. The van der Waals surface area contributed by atoms with E-state index in [0.717, 1.165) is 16.6 Å². The molecule has 128 valence electrons. The van der Waals surface area contributed by atoms with Gasteiger partial charge in [-0.05, 0) is 48.0 Å². The summed E-state index contributed by atoms with van der Waals surface area (Å²) in [7, 11) is 0. The molecule has 3 aromatic heterocycles. The number of fused-ring (bicyclic) bond motifs is 1. The normalized spacial score (nSPS) is 10.8. The molecule has 1 aromatic carbocycles. The lowest BCUT2D eigenvalue weighted by atomic mass is 10.1. The topological polar surface area (TPSA) is 59.3 Å². The van der Waals surface area contributed by atoms with Gasteiger partial charge in [0.25, 0.3) is 5.91 Å². The molecule has 0 saturated heterocycles. The van der Waals surface area contributed by atoms with Gasteiger partial charge in [-0.3, -0.25) is 14.2 Å². The number of amides is 1. The van der Waals surface area contributed by atoms with Crippen LogP contribution in [0.5, 0.6) is 0 Å². The third kappa shape index (κ3) is 3.04. The fraction of sp³-hybridized carbons (Fsp3) is 0.0500. The number of rotatable bonds is 4. The Bertz CT molecular complexity index is 1060. The number of hydrogen-bond donors (Lipinski definition) is 1. The summed E-state index contributed by atoms with van der Waals surface area (Å²) in [6.07, 6.45) is 5.17. The molecule has 3 heterocycles. The molecule has 1 amide bonds. The van der Waals surface area contributed by atoms with Gasteiger partial charge in [0.05, 0.1) is 11.2 Å². The van der Waals surface area contributed by atoms with Crippen molar-refractivity contribution in [2.24, 2.45) is 0 Å². The van der Waals surface area contributed by atoms with E-state index in [9.17, 15) is 9.18 Å². The van der Waals surface area contributed by atoms with Gasteiger partial charge in [-0.25, -0.2) is 9.37 Å². The van der Waals surface area contributed by atoms with Crippen molar-refractivity contribution in [2.45, 2.75) is 6.54 Å². The molecular weight excluding hydrogens is 331 g/mol. The maximum atomic E-state index is 13.2. The van der Waals surface area contributed by atoms with Crippen molar-refractivity contribution in [1.82, 2.24) is 19.7 Å². The van der Waals surface area contributed by atoms with Crippen LogP contribution in [0.2, 0.25) is 0 Å². The number of pyridine rings is 2. The number of nitrogens with one attached hydrogen (secondary N) is 1.